The van der Waals surface area contributed by atoms with E-state index in [2.05, 4.69) is 10.0 Å². The Kier molecular flexibility index (Phi) is 7.50. The molecule has 8 heteroatoms. The zero-order chi connectivity index (χ0) is 21.6. The smallest absolute Gasteiger partial charge is 0.242 e. The van der Waals surface area contributed by atoms with Crippen molar-refractivity contribution < 1.29 is 13.2 Å². The van der Waals surface area contributed by atoms with Gasteiger partial charge in [-0.25, -0.2) is 8.42 Å². The molecule has 0 aromatic heterocycles. The molecule has 0 aliphatic heterocycles. The summed E-state index contributed by atoms with van der Waals surface area (Å²) >= 11 is 12.0. The van der Waals surface area contributed by atoms with Crippen LogP contribution in [-0.4, -0.2) is 20.4 Å². The zero-order valence-corrected chi connectivity index (χ0v) is 18.2. The van der Waals surface area contributed by atoms with Gasteiger partial charge in [0.05, 0.1) is 5.02 Å². The van der Waals surface area contributed by atoms with Crippen LogP contribution in [0.15, 0.2) is 83.8 Å². The Bertz CT molecular complexity index is 1110. The molecule has 0 spiro atoms. The Morgan fingerprint density at radius 1 is 0.867 bits per heavy atom. The first-order valence-electron chi connectivity index (χ1n) is 9.18. The summed E-state index contributed by atoms with van der Waals surface area (Å²) in [6, 6.07) is 21.7. The monoisotopic (exact) mass is 462 g/mol. The molecule has 3 aromatic carbocycles. The lowest BCUT2D eigenvalue weighted by Crippen LogP contribution is -2.47. The molecule has 3 aromatic rings. The average molecular weight is 463 g/mol. The Morgan fingerprint density at radius 2 is 1.47 bits per heavy atom. The van der Waals surface area contributed by atoms with Gasteiger partial charge < -0.3 is 5.32 Å². The van der Waals surface area contributed by atoms with Crippen LogP contribution in [-0.2, 0) is 27.8 Å². The topological polar surface area (TPSA) is 75.3 Å². The molecule has 0 unspecified atom stereocenters. The molecule has 3 rings (SSSR count). The maximum atomic E-state index is 13.0. The summed E-state index contributed by atoms with van der Waals surface area (Å²) in [7, 11) is -4.09. The van der Waals surface area contributed by atoms with Crippen molar-refractivity contribution in [2.45, 2.75) is 23.9 Å². The summed E-state index contributed by atoms with van der Waals surface area (Å²) in [5, 5.41) is 3.05. The third-order valence-electron chi connectivity index (χ3n) is 4.39. The van der Waals surface area contributed by atoms with E-state index in [0.717, 1.165) is 11.1 Å². The SMILES string of the molecule is O=C(NCc1ccccc1)[C@@H](Cc1ccccc1)NS(=O)(=O)c1cc(Cl)ccc1Cl. The van der Waals surface area contributed by atoms with E-state index in [-0.39, 0.29) is 27.9 Å². The highest BCUT2D eigenvalue weighted by atomic mass is 35.5. The van der Waals surface area contributed by atoms with Crippen LogP contribution in [0.4, 0.5) is 0 Å². The molecule has 30 heavy (non-hydrogen) atoms. The van der Waals surface area contributed by atoms with Gasteiger partial charge in [-0.05, 0) is 35.7 Å². The largest absolute Gasteiger partial charge is 0.351 e. The van der Waals surface area contributed by atoms with Crippen molar-refractivity contribution in [3.63, 3.8) is 0 Å². The predicted octanol–water partition coefficient (Wildman–Crippen LogP) is 4.20. The zero-order valence-electron chi connectivity index (χ0n) is 15.9. The molecule has 5 nitrogen and oxygen atoms in total. The van der Waals surface area contributed by atoms with Crippen molar-refractivity contribution in [2.24, 2.45) is 0 Å². The summed E-state index contributed by atoms with van der Waals surface area (Å²) in [5.74, 6) is -0.440. The van der Waals surface area contributed by atoms with Crippen LogP contribution in [0.1, 0.15) is 11.1 Å². The number of benzene rings is 3. The summed E-state index contributed by atoms with van der Waals surface area (Å²) in [6.07, 6.45) is 0.179. The van der Waals surface area contributed by atoms with Crippen LogP contribution in [0.5, 0.6) is 0 Å². The summed E-state index contributed by atoms with van der Waals surface area (Å²) in [6.45, 7) is 0.282. The van der Waals surface area contributed by atoms with Gasteiger partial charge in [0.25, 0.3) is 0 Å². The fourth-order valence-electron chi connectivity index (χ4n) is 2.88. The van der Waals surface area contributed by atoms with Gasteiger partial charge in [0.1, 0.15) is 10.9 Å². The molecule has 0 fully saturated rings. The van der Waals surface area contributed by atoms with Gasteiger partial charge >= 0.3 is 0 Å². The molecule has 0 saturated heterocycles. The number of carbonyl (C=O) groups is 1. The quantitative estimate of drug-likeness (QED) is 0.526. The highest BCUT2D eigenvalue weighted by Crippen LogP contribution is 2.25. The highest BCUT2D eigenvalue weighted by Gasteiger charge is 2.27. The van der Waals surface area contributed by atoms with Crippen LogP contribution in [0.3, 0.4) is 0 Å². The predicted molar refractivity (Wildman–Crippen MR) is 119 cm³/mol. The van der Waals surface area contributed by atoms with Crippen molar-refractivity contribution in [3.8, 4) is 0 Å². The van der Waals surface area contributed by atoms with Gasteiger partial charge in [-0.2, -0.15) is 4.72 Å². The first kappa shape index (κ1) is 22.3. The fraction of sp³-hybridized carbons (Fsp3) is 0.136. The van der Waals surface area contributed by atoms with Crippen molar-refractivity contribution >= 4 is 39.1 Å². The standard InChI is InChI=1S/C22H20Cl2N2O3S/c23-18-11-12-19(24)21(14-18)30(28,29)26-20(13-16-7-3-1-4-8-16)22(27)25-15-17-9-5-2-6-10-17/h1-12,14,20,26H,13,15H2,(H,25,27)/t20-/m1/s1. The lowest BCUT2D eigenvalue weighted by atomic mass is 10.1. The number of nitrogens with one attached hydrogen (secondary N) is 2. The fourth-order valence-corrected chi connectivity index (χ4v) is 4.84. The molecular formula is C22H20Cl2N2O3S. The van der Waals surface area contributed by atoms with Crippen molar-refractivity contribution in [1.82, 2.24) is 10.0 Å². The number of sulfonamides is 1. The van der Waals surface area contributed by atoms with Gasteiger partial charge in [-0.1, -0.05) is 83.9 Å². The molecule has 0 heterocycles. The van der Waals surface area contributed by atoms with Gasteiger partial charge in [0.15, 0.2) is 0 Å². The Hall–Kier alpha value is -2.38. The van der Waals surface area contributed by atoms with Crippen LogP contribution < -0.4 is 10.0 Å². The number of carbonyl (C=O) groups excluding carboxylic acids is 1. The molecule has 0 bridgehead atoms. The van der Waals surface area contributed by atoms with Crippen molar-refractivity contribution in [3.05, 3.63) is 100 Å². The summed E-state index contributed by atoms with van der Waals surface area (Å²) in [5.41, 5.74) is 1.72. The van der Waals surface area contributed by atoms with E-state index in [1.165, 1.54) is 18.2 Å². The highest BCUT2D eigenvalue weighted by molar-refractivity contribution is 7.89. The molecule has 156 valence electrons. The molecule has 0 saturated carbocycles. The van der Waals surface area contributed by atoms with E-state index in [9.17, 15) is 13.2 Å². The summed E-state index contributed by atoms with van der Waals surface area (Å²) < 4.78 is 28.4. The molecule has 1 atom stereocenters. The second-order valence-corrected chi connectivity index (χ2v) is 9.17. The minimum absolute atomic E-state index is 0.0232. The van der Waals surface area contributed by atoms with Gasteiger partial charge in [0, 0.05) is 11.6 Å². The maximum absolute atomic E-state index is 13.0. The third-order valence-corrected chi connectivity index (χ3v) is 6.58. The molecule has 0 radical (unpaired) electrons. The number of hydrogen-bond donors (Lipinski definition) is 2. The Morgan fingerprint density at radius 3 is 2.10 bits per heavy atom. The van der Waals surface area contributed by atoms with E-state index < -0.39 is 22.0 Å². The van der Waals surface area contributed by atoms with E-state index in [1.807, 2.05) is 60.7 Å². The van der Waals surface area contributed by atoms with Crippen LogP contribution in [0.2, 0.25) is 10.0 Å². The second kappa shape index (κ2) is 10.1. The number of amides is 1. The minimum atomic E-state index is -4.09. The lowest BCUT2D eigenvalue weighted by Gasteiger charge is -2.19. The number of hydrogen-bond acceptors (Lipinski definition) is 3. The Labute approximate surface area is 186 Å². The third kappa shape index (κ3) is 6.06. The molecule has 1 amide bonds. The van der Waals surface area contributed by atoms with E-state index in [1.54, 1.807) is 0 Å². The van der Waals surface area contributed by atoms with E-state index in [4.69, 9.17) is 23.2 Å². The molecular weight excluding hydrogens is 443 g/mol. The van der Waals surface area contributed by atoms with Crippen LogP contribution >= 0.6 is 23.2 Å². The average Bonchev–Trinajstić information content (AvgIpc) is 2.74. The van der Waals surface area contributed by atoms with E-state index in [0.29, 0.717) is 0 Å². The molecule has 0 aliphatic carbocycles. The first-order chi connectivity index (χ1) is 14.3. The minimum Gasteiger partial charge on any atom is -0.351 e. The second-order valence-electron chi connectivity index (χ2n) is 6.64. The number of rotatable bonds is 8. The van der Waals surface area contributed by atoms with Crippen molar-refractivity contribution in [2.75, 3.05) is 0 Å². The van der Waals surface area contributed by atoms with Crippen molar-refractivity contribution in [1.29, 1.82) is 0 Å². The van der Waals surface area contributed by atoms with Gasteiger partial charge in [-0.15, -0.1) is 0 Å². The van der Waals surface area contributed by atoms with E-state index >= 15 is 0 Å². The molecule has 0 aliphatic rings. The number of halogens is 2. The first-order valence-corrected chi connectivity index (χ1v) is 11.4. The Balaban J connectivity index is 1.83. The van der Waals surface area contributed by atoms with Gasteiger partial charge in [-0.3, -0.25) is 4.79 Å². The van der Waals surface area contributed by atoms with Crippen LogP contribution in [0, 0.1) is 0 Å². The summed E-state index contributed by atoms with van der Waals surface area (Å²) in [4.78, 5) is 12.7. The maximum Gasteiger partial charge on any atom is 0.242 e. The van der Waals surface area contributed by atoms with Gasteiger partial charge in [0.2, 0.25) is 15.9 Å². The lowest BCUT2D eigenvalue weighted by molar-refractivity contribution is -0.122. The van der Waals surface area contributed by atoms with Crippen LogP contribution in [0.25, 0.3) is 0 Å². The normalized spacial score (nSPS) is 12.3. The molecule has 2 N–H and O–H groups in total.